The van der Waals surface area contributed by atoms with Gasteiger partial charge >= 0.3 is 6.03 Å². The maximum absolute atomic E-state index is 12.0. The molecule has 2 amide bonds. The summed E-state index contributed by atoms with van der Waals surface area (Å²) < 4.78 is 0. The fraction of sp³-hybridized carbons (Fsp3) is 0. The van der Waals surface area contributed by atoms with Crippen LogP contribution in [0.15, 0.2) is 54.7 Å². The van der Waals surface area contributed by atoms with E-state index in [4.69, 9.17) is 11.6 Å². The lowest BCUT2D eigenvalue weighted by Gasteiger charge is -2.09. The average Bonchev–Trinajstić information content (AvgIpc) is 2.56. The smallest absolute Gasteiger partial charge is 0.306 e. The van der Waals surface area contributed by atoms with Gasteiger partial charge in [-0.1, -0.05) is 29.8 Å². The summed E-state index contributed by atoms with van der Waals surface area (Å²) in [6.07, 6.45) is 1.54. The third kappa shape index (κ3) is 3.41. The number of hydrogen-bond acceptors (Lipinski definition) is 4. The Labute approximate surface area is 141 Å². The summed E-state index contributed by atoms with van der Waals surface area (Å²) in [5.41, 5.74) is 1.46. The number of rotatable bonds is 3. The number of amides is 2. The Hall–Kier alpha value is -3.19. The first kappa shape index (κ1) is 15.7. The minimum Gasteiger partial charge on any atom is -0.306 e. The molecule has 3 rings (SSSR count). The summed E-state index contributed by atoms with van der Waals surface area (Å²) in [6, 6.07) is 12.6. The van der Waals surface area contributed by atoms with Crippen LogP contribution in [0.25, 0.3) is 10.9 Å². The van der Waals surface area contributed by atoms with E-state index in [0.29, 0.717) is 5.69 Å². The van der Waals surface area contributed by atoms with Gasteiger partial charge in [0, 0.05) is 17.5 Å². The van der Waals surface area contributed by atoms with Gasteiger partial charge in [-0.05, 0) is 18.2 Å². The van der Waals surface area contributed by atoms with Gasteiger partial charge in [-0.25, -0.2) is 4.79 Å². The first-order chi connectivity index (χ1) is 11.5. The fourth-order valence-corrected chi connectivity index (χ4v) is 2.37. The Morgan fingerprint density at radius 1 is 1.12 bits per heavy atom. The summed E-state index contributed by atoms with van der Waals surface area (Å²) >= 11 is 5.94. The number of anilines is 2. The summed E-state index contributed by atoms with van der Waals surface area (Å²) in [4.78, 5) is 26.4. The molecule has 24 heavy (non-hydrogen) atoms. The van der Waals surface area contributed by atoms with Crippen molar-refractivity contribution in [2.75, 3.05) is 10.6 Å². The molecule has 0 aliphatic carbocycles. The SMILES string of the molecule is O=C(Nc1cnc2ccccc2c1)Nc1ccc([N+](=O)[O-])cc1Cl. The molecule has 0 bridgehead atoms. The highest BCUT2D eigenvalue weighted by molar-refractivity contribution is 6.34. The molecule has 0 radical (unpaired) electrons. The maximum atomic E-state index is 12.0. The van der Waals surface area contributed by atoms with Crippen LogP contribution in [0.2, 0.25) is 5.02 Å². The highest BCUT2D eigenvalue weighted by Crippen LogP contribution is 2.26. The predicted octanol–water partition coefficient (Wildman–Crippen LogP) is 4.44. The second-order valence-electron chi connectivity index (χ2n) is 4.92. The molecule has 1 heterocycles. The standard InChI is InChI=1S/C16H11ClN4O3/c17-13-8-12(21(23)24)5-6-15(13)20-16(22)19-11-7-10-3-1-2-4-14(10)18-9-11/h1-9H,(H2,19,20,22). The van der Waals surface area contributed by atoms with Crippen LogP contribution in [0.4, 0.5) is 21.9 Å². The summed E-state index contributed by atoms with van der Waals surface area (Å²) in [7, 11) is 0. The number of carbonyl (C=O) groups excluding carboxylic acids is 1. The molecule has 0 fully saturated rings. The number of nitrogens with one attached hydrogen (secondary N) is 2. The van der Waals surface area contributed by atoms with Crippen LogP contribution in [0.1, 0.15) is 0 Å². The molecule has 0 atom stereocenters. The van der Waals surface area contributed by atoms with Crippen LogP contribution in [0.3, 0.4) is 0 Å². The van der Waals surface area contributed by atoms with E-state index in [1.54, 1.807) is 12.3 Å². The van der Waals surface area contributed by atoms with Crippen molar-refractivity contribution in [3.8, 4) is 0 Å². The zero-order chi connectivity index (χ0) is 17.1. The van der Waals surface area contributed by atoms with Crippen LogP contribution >= 0.6 is 11.6 Å². The van der Waals surface area contributed by atoms with Crippen molar-refractivity contribution < 1.29 is 9.72 Å². The topological polar surface area (TPSA) is 97.2 Å². The van der Waals surface area contributed by atoms with Crippen LogP contribution < -0.4 is 10.6 Å². The Bertz CT molecular complexity index is 946. The number of halogens is 1. The van der Waals surface area contributed by atoms with Crippen LogP contribution in [-0.4, -0.2) is 15.9 Å². The van der Waals surface area contributed by atoms with Crippen molar-refractivity contribution >= 4 is 45.6 Å². The lowest BCUT2D eigenvalue weighted by molar-refractivity contribution is -0.384. The van der Waals surface area contributed by atoms with E-state index < -0.39 is 11.0 Å². The van der Waals surface area contributed by atoms with E-state index in [0.717, 1.165) is 10.9 Å². The van der Waals surface area contributed by atoms with E-state index in [1.165, 1.54) is 18.2 Å². The van der Waals surface area contributed by atoms with Crippen molar-refractivity contribution in [1.82, 2.24) is 4.98 Å². The van der Waals surface area contributed by atoms with Gasteiger partial charge in [0.1, 0.15) is 0 Å². The van der Waals surface area contributed by atoms with Crippen molar-refractivity contribution in [2.45, 2.75) is 0 Å². The van der Waals surface area contributed by atoms with Crippen molar-refractivity contribution in [2.24, 2.45) is 0 Å². The number of fused-ring (bicyclic) bond motifs is 1. The number of hydrogen-bond donors (Lipinski definition) is 2. The maximum Gasteiger partial charge on any atom is 0.323 e. The van der Waals surface area contributed by atoms with E-state index in [2.05, 4.69) is 15.6 Å². The Kier molecular flexibility index (Phi) is 4.26. The van der Waals surface area contributed by atoms with Gasteiger partial charge in [0.05, 0.1) is 33.0 Å². The summed E-state index contributed by atoms with van der Waals surface area (Å²) in [5, 5.41) is 16.8. The van der Waals surface area contributed by atoms with Gasteiger partial charge in [0.15, 0.2) is 0 Å². The van der Waals surface area contributed by atoms with Crippen molar-refractivity contribution in [3.63, 3.8) is 0 Å². The molecule has 0 saturated carbocycles. The van der Waals surface area contributed by atoms with E-state index >= 15 is 0 Å². The van der Waals surface area contributed by atoms with Crippen molar-refractivity contribution in [1.29, 1.82) is 0 Å². The third-order valence-electron chi connectivity index (χ3n) is 3.26. The van der Waals surface area contributed by atoms with Crippen LogP contribution in [-0.2, 0) is 0 Å². The average molecular weight is 343 g/mol. The molecule has 0 aliphatic rings. The molecule has 0 unspecified atom stereocenters. The zero-order valence-electron chi connectivity index (χ0n) is 12.2. The van der Waals surface area contributed by atoms with Gasteiger partial charge in [-0.2, -0.15) is 0 Å². The molecule has 0 aliphatic heterocycles. The number of non-ortho nitro benzene ring substituents is 1. The largest absolute Gasteiger partial charge is 0.323 e. The normalized spacial score (nSPS) is 10.4. The Morgan fingerprint density at radius 2 is 1.92 bits per heavy atom. The van der Waals surface area contributed by atoms with Crippen LogP contribution in [0, 0.1) is 10.1 Å². The number of urea groups is 1. The lowest BCUT2D eigenvalue weighted by atomic mass is 10.2. The van der Waals surface area contributed by atoms with Crippen LogP contribution in [0.5, 0.6) is 0 Å². The first-order valence-electron chi connectivity index (χ1n) is 6.90. The number of nitro groups is 1. The van der Waals surface area contributed by atoms with Gasteiger partial charge < -0.3 is 10.6 Å². The molecule has 0 saturated heterocycles. The number of para-hydroxylation sites is 1. The molecule has 0 spiro atoms. The molecule has 2 aromatic carbocycles. The zero-order valence-corrected chi connectivity index (χ0v) is 12.9. The Balaban J connectivity index is 1.74. The molecule has 2 N–H and O–H groups in total. The molecular formula is C16H11ClN4O3. The monoisotopic (exact) mass is 342 g/mol. The first-order valence-corrected chi connectivity index (χ1v) is 7.27. The highest BCUT2D eigenvalue weighted by atomic mass is 35.5. The predicted molar refractivity (Wildman–Crippen MR) is 92.5 cm³/mol. The second kappa shape index (κ2) is 6.51. The van der Waals surface area contributed by atoms with Gasteiger partial charge in [0.2, 0.25) is 0 Å². The molecule has 3 aromatic rings. The Morgan fingerprint density at radius 3 is 2.67 bits per heavy atom. The second-order valence-corrected chi connectivity index (χ2v) is 5.32. The molecule has 1 aromatic heterocycles. The minimum atomic E-state index is -0.559. The summed E-state index contributed by atoms with van der Waals surface area (Å²) in [6.45, 7) is 0. The van der Waals surface area contributed by atoms with Gasteiger partial charge in [0.25, 0.3) is 5.69 Å². The molecule has 7 nitrogen and oxygen atoms in total. The van der Waals surface area contributed by atoms with Crippen molar-refractivity contribution in [3.05, 3.63) is 69.9 Å². The quantitative estimate of drug-likeness (QED) is 0.543. The number of nitro benzene ring substituents is 1. The highest BCUT2D eigenvalue weighted by Gasteiger charge is 2.11. The minimum absolute atomic E-state index is 0.0796. The number of benzene rings is 2. The molecular weight excluding hydrogens is 332 g/mol. The number of pyridine rings is 1. The number of aromatic nitrogens is 1. The molecule has 8 heteroatoms. The number of nitrogens with zero attached hydrogens (tertiary/aromatic N) is 2. The third-order valence-corrected chi connectivity index (χ3v) is 3.57. The van der Waals surface area contributed by atoms with Gasteiger partial charge in [-0.15, -0.1) is 0 Å². The lowest BCUT2D eigenvalue weighted by Crippen LogP contribution is -2.19. The van der Waals surface area contributed by atoms with E-state index in [-0.39, 0.29) is 16.4 Å². The van der Waals surface area contributed by atoms with E-state index in [9.17, 15) is 14.9 Å². The summed E-state index contributed by atoms with van der Waals surface area (Å²) in [5.74, 6) is 0. The fourth-order valence-electron chi connectivity index (χ4n) is 2.14. The van der Waals surface area contributed by atoms with E-state index in [1.807, 2.05) is 24.3 Å². The molecule has 120 valence electrons. The van der Waals surface area contributed by atoms with Gasteiger partial charge in [-0.3, -0.25) is 15.1 Å². The number of carbonyl (C=O) groups is 1.